The molecule has 0 aliphatic carbocycles. The smallest absolute Gasteiger partial charge is 0.228 e. The minimum Gasteiger partial charge on any atom is -0.382 e. The van der Waals surface area contributed by atoms with E-state index in [1.54, 1.807) is 6.33 Å². The highest BCUT2D eigenvalue weighted by atomic mass is 15.3. The number of hydrogen-bond acceptors (Lipinski definition) is 5. The van der Waals surface area contributed by atoms with E-state index in [0.29, 0.717) is 23.3 Å². The Morgan fingerprint density at radius 3 is 2.47 bits per heavy atom. The van der Waals surface area contributed by atoms with Gasteiger partial charge in [-0.3, -0.25) is 0 Å². The van der Waals surface area contributed by atoms with Gasteiger partial charge in [-0.2, -0.15) is 9.97 Å². The molecule has 2 aromatic rings. The topological polar surface area (TPSA) is 72.9 Å². The highest BCUT2D eigenvalue weighted by molar-refractivity contribution is 5.83. The summed E-state index contributed by atoms with van der Waals surface area (Å²) < 4.78 is 1.99. The molecule has 6 heteroatoms. The SMILES string of the molecule is C.CC(C)n1cnc2c(N)nc(N(C)C)nc21. The zero-order chi connectivity index (χ0) is 11.9. The summed E-state index contributed by atoms with van der Waals surface area (Å²) in [7, 11) is 3.77. The van der Waals surface area contributed by atoms with Crippen molar-refractivity contribution in [1.29, 1.82) is 0 Å². The van der Waals surface area contributed by atoms with Crippen molar-refractivity contribution in [2.45, 2.75) is 27.3 Å². The molecule has 0 bridgehead atoms. The summed E-state index contributed by atoms with van der Waals surface area (Å²) in [6.07, 6.45) is 1.75. The van der Waals surface area contributed by atoms with Gasteiger partial charge in [-0.25, -0.2) is 4.98 Å². The first-order valence-electron chi connectivity index (χ1n) is 5.18. The Labute approximate surface area is 101 Å². The average molecular weight is 236 g/mol. The molecule has 2 rings (SSSR count). The van der Waals surface area contributed by atoms with E-state index in [9.17, 15) is 0 Å². The normalized spacial score (nSPS) is 10.6. The summed E-state index contributed by atoms with van der Waals surface area (Å²) in [6.45, 7) is 4.16. The van der Waals surface area contributed by atoms with E-state index in [2.05, 4.69) is 28.8 Å². The monoisotopic (exact) mass is 236 g/mol. The summed E-state index contributed by atoms with van der Waals surface area (Å²) in [6, 6.07) is 0.300. The largest absolute Gasteiger partial charge is 0.382 e. The molecule has 2 N–H and O–H groups in total. The van der Waals surface area contributed by atoms with Gasteiger partial charge in [0.05, 0.1) is 6.33 Å². The first-order valence-corrected chi connectivity index (χ1v) is 5.18. The van der Waals surface area contributed by atoms with Crippen LogP contribution in [0.4, 0.5) is 11.8 Å². The number of nitrogens with two attached hydrogens (primary N) is 1. The Morgan fingerprint density at radius 2 is 1.94 bits per heavy atom. The number of hydrogen-bond donors (Lipinski definition) is 1. The average Bonchev–Trinajstić information content (AvgIpc) is 2.61. The fourth-order valence-electron chi connectivity index (χ4n) is 1.50. The highest BCUT2D eigenvalue weighted by Gasteiger charge is 2.13. The molecule has 0 spiro atoms. The summed E-state index contributed by atoms with van der Waals surface area (Å²) in [5.41, 5.74) is 7.30. The lowest BCUT2D eigenvalue weighted by atomic mass is 10.4. The first-order chi connectivity index (χ1) is 7.50. The van der Waals surface area contributed by atoms with Crippen molar-refractivity contribution in [2.75, 3.05) is 24.7 Å². The number of nitrogen functional groups attached to an aromatic ring is 1. The molecule has 6 nitrogen and oxygen atoms in total. The molecule has 0 amide bonds. The van der Waals surface area contributed by atoms with E-state index >= 15 is 0 Å². The molecular weight excluding hydrogens is 216 g/mol. The van der Waals surface area contributed by atoms with Gasteiger partial charge >= 0.3 is 0 Å². The molecule has 2 aromatic heterocycles. The number of aromatic nitrogens is 4. The van der Waals surface area contributed by atoms with Crippen LogP contribution in [-0.4, -0.2) is 33.6 Å². The minimum absolute atomic E-state index is 0. The second-order valence-electron chi connectivity index (χ2n) is 4.22. The second-order valence-corrected chi connectivity index (χ2v) is 4.22. The van der Waals surface area contributed by atoms with Crippen LogP contribution in [0, 0.1) is 0 Å². The van der Waals surface area contributed by atoms with Crippen LogP contribution >= 0.6 is 0 Å². The molecule has 0 radical (unpaired) electrons. The van der Waals surface area contributed by atoms with E-state index in [0.717, 1.165) is 5.65 Å². The van der Waals surface area contributed by atoms with Crippen molar-refractivity contribution >= 4 is 22.9 Å². The van der Waals surface area contributed by atoms with Crippen LogP contribution in [0.1, 0.15) is 27.3 Å². The van der Waals surface area contributed by atoms with Crippen LogP contribution in [0.15, 0.2) is 6.33 Å². The van der Waals surface area contributed by atoms with E-state index in [1.165, 1.54) is 0 Å². The number of nitrogens with zero attached hydrogens (tertiary/aromatic N) is 5. The lowest BCUT2D eigenvalue weighted by Gasteiger charge is -2.12. The van der Waals surface area contributed by atoms with Gasteiger partial charge < -0.3 is 15.2 Å². The molecule has 0 aromatic carbocycles. The lowest BCUT2D eigenvalue weighted by Crippen LogP contribution is -2.14. The second kappa shape index (κ2) is 4.57. The molecule has 0 atom stereocenters. The van der Waals surface area contributed by atoms with Gasteiger partial charge in [-0.05, 0) is 13.8 Å². The van der Waals surface area contributed by atoms with Gasteiger partial charge in [-0.15, -0.1) is 0 Å². The van der Waals surface area contributed by atoms with E-state index < -0.39 is 0 Å². The van der Waals surface area contributed by atoms with Crippen LogP contribution in [0.3, 0.4) is 0 Å². The van der Waals surface area contributed by atoms with E-state index in [-0.39, 0.29) is 7.43 Å². The summed E-state index contributed by atoms with van der Waals surface area (Å²) in [4.78, 5) is 14.7. The Kier molecular flexibility index (Phi) is 3.55. The van der Waals surface area contributed by atoms with Crippen LogP contribution in [-0.2, 0) is 0 Å². The summed E-state index contributed by atoms with van der Waals surface area (Å²) in [5, 5.41) is 0. The van der Waals surface area contributed by atoms with Gasteiger partial charge in [0.15, 0.2) is 11.5 Å². The van der Waals surface area contributed by atoms with Gasteiger partial charge in [0.25, 0.3) is 0 Å². The number of imidazole rings is 1. The van der Waals surface area contributed by atoms with Crippen LogP contribution < -0.4 is 10.6 Å². The molecule has 0 saturated heterocycles. The third-order valence-electron chi connectivity index (χ3n) is 2.39. The molecule has 0 saturated carbocycles. The summed E-state index contributed by atoms with van der Waals surface area (Å²) >= 11 is 0. The Balaban J connectivity index is 0.00000144. The van der Waals surface area contributed by atoms with Crippen molar-refractivity contribution in [1.82, 2.24) is 19.5 Å². The van der Waals surface area contributed by atoms with Crippen molar-refractivity contribution in [3.05, 3.63) is 6.33 Å². The third-order valence-corrected chi connectivity index (χ3v) is 2.39. The van der Waals surface area contributed by atoms with Crippen molar-refractivity contribution < 1.29 is 0 Å². The number of rotatable bonds is 2. The van der Waals surface area contributed by atoms with Gasteiger partial charge in [0, 0.05) is 20.1 Å². The molecule has 0 aliphatic heterocycles. The van der Waals surface area contributed by atoms with Gasteiger partial charge in [-0.1, -0.05) is 7.43 Å². The molecular formula is C11H20N6. The maximum atomic E-state index is 5.85. The fourth-order valence-corrected chi connectivity index (χ4v) is 1.50. The lowest BCUT2D eigenvalue weighted by molar-refractivity contribution is 0.612. The Hall–Kier alpha value is -1.85. The molecule has 0 fully saturated rings. The molecule has 17 heavy (non-hydrogen) atoms. The van der Waals surface area contributed by atoms with E-state index in [4.69, 9.17) is 5.73 Å². The predicted molar refractivity (Wildman–Crippen MR) is 71.2 cm³/mol. The zero-order valence-corrected chi connectivity index (χ0v) is 9.97. The van der Waals surface area contributed by atoms with Crippen LogP contribution in [0.25, 0.3) is 11.2 Å². The highest BCUT2D eigenvalue weighted by Crippen LogP contribution is 2.21. The predicted octanol–water partition coefficient (Wildman–Crippen LogP) is 1.69. The van der Waals surface area contributed by atoms with Crippen LogP contribution in [0.2, 0.25) is 0 Å². The number of anilines is 2. The Bertz CT molecular complexity index is 514. The van der Waals surface area contributed by atoms with Crippen LogP contribution in [0.5, 0.6) is 0 Å². The molecule has 0 aliphatic rings. The molecule has 2 heterocycles. The van der Waals surface area contributed by atoms with Gasteiger partial charge in [0.1, 0.15) is 5.52 Å². The van der Waals surface area contributed by atoms with E-state index in [1.807, 2.05) is 23.6 Å². The first kappa shape index (κ1) is 13.2. The zero-order valence-electron chi connectivity index (χ0n) is 9.97. The number of fused-ring (bicyclic) bond motifs is 1. The minimum atomic E-state index is 0. The van der Waals surface area contributed by atoms with Gasteiger partial charge in [0.2, 0.25) is 5.95 Å². The Morgan fingerprint density at radius 1 is 1.29 bits per heavy atom. The quantitative estimate of drug-likeness (QED) is 0.859. The standard InChI is InChI=1S/C10H16N6.CH4/c1-6(2)16-5-12-7-8(11)13-10(15(3)4)14-9(7)16;/h5-6H,1-4H3,(H2,11,13,14);1H4. The fraction of sp³-hybridized carbons (Fsp3) is 0.545. The summed E-state index contributed by atoms with van der Waals surface area (Å²) in [5.74, 6) is 1.03. The maximum Gasteiger partial charge on any atom is 0.228 e. The van der Waals surface area contributed by atoms with Crippen molar-refractivity contribution in [3.8, 4) is 0 Å². The van der Waals surface area contributed by atoms with Crippen molar-refractivity contribution in [2.24, 2.45) is 0 Å². The molecule has 0 unspecified atom stereocenters. The molecule has 94 valence electrons. The maximum absolute atomic E-state index is 5.85. The van der Waals surface area contributed by atoms with Crippen molar-refractivity contribution in [3.63, 3.8) is 0 Å². The third kappa shape index (κ3) is 2.15.